The SMILES string of the molecule is O=S(=O)(NC1CCN(CCOc2cccc3c2OCCO3)CC1)c1ccccc1. The van der Waals surface area contributed by atoms with Gasteiger partial charge in [-0.15, -0.1) is 0 Å². The van der Waals surface area contributed by atoms with Crippen LogP contribution in [0.1, 0.15) is 12.8 Å². The molecule has 7 nitrogen and oxygen atoms in total. The van der Waals surface area contributed by atoms with Crippen LogP contribution in [0.4, 0.5) is 0 Å². The predicted molar refractivity (Wildman–Crippen MR) is 109 cm³/mol. The van der Waals surface area contributed by atoms with Crippen molar-refractivity contribution >= 4 is 10.0 Å². The van der Waals surface area contributed by atoms with Gasteiger partial charge in [0, 0.05) is 12.6 Å². The number of benzene rings is 2. The van der Waals surface area contributed by atoms with Gasteiger partial charge in [-0.25, -0.2) is 13.1 Å². The molecule has 0 amide bonds. The third-order valence-corrected chi connectivity index (χ3v) is 6.69. The van der Waals surface area contributed by atoms with E-state index in [0.717, 1.165) is 38.2 Å². The molecule has 0 saturated carbocycles. The predicted octanol–water partition coefficient (Wildman–Crippen LogP) is 2.28. The lowest BCUT2D eigenvalue weighted by Gasteiger charge is -2.32. The molecule has 156 valence electrons. The third-order valence-electron chi connectivity index (χ3n) is 5.16. The fourth-order valence-electron chi connectivity index (χ4n) is 3.61. The lowest BCUT2D eigenvalue weighted by Crippen LogP contribution is -2.45. The Morgan fingerprint density at radius 1 is 1.00 bits per heavy atom. The van der Waals surface area contributed by atoms with Crippen molar-refractivity contribution in [2.45, 2.75) is 23.8 Å². The first-order valence-corrected chi connectivity index (χ1v) is 11.4. The molecule has 1 N–H and O–H groups in total. The monoisotopic (exact) mass is 418 g/mol. The highest BCUT2D eigenvalue weighted by atomic mass is 32.2. The molecule has 2 heterocycles. The first-order valence-electron chi connectivity index (χ1n) is 9.93. The van der Waals surface area contributed by atoms with Crippen LogP contribution in [0.3, 0.4) is 0 Å². The molecular formula is C21H26N2O5S. The molecule has 2 aliphatic heterocycles. The second-order valence-corrected chi connectivity index (χ2v) is 8.89. The average molecular weight is 419 g/mol. The Morgan fingerprint density at radius 2 is 1.76 bits per heavy atom. The maximum atomic E-state index is 12.5. The second kappa shape index (κ2) is 9.02. The summed E-state index contributed by atoms with van der Waals surface area (Å²) in [6, 6.07) is 14.1. The molecule has 0 aliphatic carbocycles. The zero-order valence-electron chi connectivity index (χ0n) is 16.2. The minimum atomic E-state index is -3.46. The van der Waals surface area contributed by atoms with E-state index in [0.29, 0.717) is 36.2 Å². The first-order chi connectivity index (χ1) is 14.1. The smallest absolute Gasteiger partial charge is 0.240 e. The van der Waals surface area contributed by atoms with Crippen molar-refractivity contribution in [3.63, 3.8) is 0 Å². The van der Waals surface area contributed by atoms with Crippen LogP contribution < -0.4 is 18.9 Å². The summed E-state index contributed by atoms with van der Waals surface area (Å²) in [5.74, 6) is 2.10. The van der Waals surface area contributed by atoms with Crippen molar-refractivity contribution in [1.82, 2.24) is 9.62 Å². The zero-order valence-corrected chi connectivity index (χ0v) is 17.1. The van der Waals surface area contributed by atoms with E-state index in [1.54, 1.807) is 24.3 Å². The molecular weight excluding hydrogens is 392 g/mol. The maximum Gasteiger partial charge on any atom is 0.240 e. The largest absolute Gasteiger partial charge is 0.488 e. The van der Waals surface area contributed by atoms with Crippen molar-refractivity contribution in [3.8, 4) is 17.2 Å². The Balaban J connectivity index is 1.23. The summed E-state index contributed by atoms with van der Waals surface area (Å²) in [5, 5.41) is 0. The van der Waals surface area contributed by atoms with Crippen molar-refractivity contribution in [2.24, 2.45) is 0 Å². The van der Waals surface area contributed by atoms with Crippen molar-refractivity contribution in [2.75, 3.05) is 39.5 Å². The number of sulfonamides is 1. The lowest BCUT2D eigenvalue weighted by atomic mass is 10.1. The van der Waals surface area contributed by atoms with Crippen LogP contribution >= 0.6 is 0 Å². The fourth-order valence-corrected chi connectivity index (χ4v) is 4.93. The van der Waals surface area contributed by atoms with Crippen LogP contribution in [0, 0.1) is 0 Å². The molecule has 0 atom stereocenters. The minimum absolute atomic E-state index is 0.0379. The number of likely N-dealkylation sites (tertiary alicyclic amines) is 1. The van der Waals surface area contributed by atoms with Gasteiger partial charge in [-0.2, -0.15) is 0 Å². The molecule has 0 unspecified atom stereocenters. The minimum Gasteiger partial charge on any atom is -0.488 e. The summed E-state index contributed by atoms with van der Waals surface area (Å²) in [7, 11) is -3.46. The number of fused-ring (bicyclic) bond motifs is 1. The fraction of sp³-hybridized carbons (Fsp3) is 0.429. The van der Waals surface area contributed by atoms with Gasteiger partial charge in [-0.1, -0.05) is 24.3 Å². The molecule has 4 rings (SSSR count). The number of rotatable bonds is 7. The number of hydrogen-bond donors (Lipinski definition) is 1. The first kappa shape index (κ1) is 20.0. The quantitative estimate of drug-likeness (QED) is 0.743. The van der Waals surface area contributed by atoms with Crippen LogP contribution in [0.5, 0.6) is 17.2 Å². The number of para-hydroxylation sites is 1. The van der Waals surface area contributed by atoms with E-state index in [1.807, 2.05) is 24.3 Å². The highest BCUT2D eigenvalue weighted by Crippen LogP contribution is 2.38. The summed E-state index contributed by atoms with van der Waals surface area (Å²) < 4.78 is 44.9. The normalized spacial score (nSPS) is 17.8. The second-order valence-electron chi connectivity index (χ2n) is 7.18. The van der Waals surface area contributed by atoms with Crippen molar-refractivity contribution < 1.29 is 22.6 Å². The van der Waals surface area contributed by atoms with Crippen LogP contribution in [-0.4, -0.2) is 58.8 Å². The van der Waals surface area contributed by atoms with E-state index >= 15 is 0 Å². The number of piperidine rings is 1. The standard InChI is InChI=1S/C21H26N2O5S/c24-29(25,18-5-2-1-3-6-18)22-17-9-11-23(12-10-17)13-14-26-19-7-4-8-20-21(19)28-16-15-27-20/h1-8,17,22H,9-16H2. The van der Waals surface area contributed by atoms with Crippen molar-refractivity contribution in [3.05, 3.63) is 48.5 Å². The topological polar surface area (TPSA) is 77.1 Å². The average Bonchev–Trinajstić information content (AvgIpc) is 2.76. The molecule has 1 fully saturated rings. The van der Waals surface area contributed by atoms with Gasteiger partial charge >= 0.3 is 0 Å². The summed E-state index contributed by atoms with van der Waals surface area (Å²) in [6.45, 7) is 4.07. The number of hydrogen-bond acceptors (Lipinski definition) is 6. The third kappa shape index (κ3) is 5.01. The van der Waals surface area contributed by atoms with Gasteiger partial charge in [0.1, 0.15) is 19.8 Å². The van der Waals surface area contributed by atoms with Crippen molar-refractivity contribution in [1.29, 1.82) is 0 Å². The molecule has 1 saturated heterocycles. The summed E-state index contributed by atoms with van der Waals surface area (Å²) in [6.07, 6.45) is 1.56. The van der Waals surface area contributed by atoms with Gasteiger partial charge < -0.3 is 14.2 Å². The van der Waals surface area contributed by atoms with E-state index in [9.17, 15) is 8.42 Å². The Bertz CT molecular complexity index is 912. The number of ether oxygens (including phenoxy) is 3. The Kier molecular flexibility index (Phi) is 6.22. The highest BCUT2D eigenvalue weighted by molar-refractivity contribution is 7.89. The molecule has 2 aromatic carbocycles. The Hall–Kier alpha value is -2.29. The van der Waals surface area contributed by atoms with E-state index in [-0.39, 0.29) is 6.04 Å². The van der Waals surface area contributed by atoms with E-state index in [2.05, 4.69) is 9.62 Å². The Morgan fingerprint density at radius 3 is 2.55 bits per heavy atom. The van der Waals surface area contributed by atoms with E-state index < -0.39 is 10.0 Å². The van der Waals surface area contributed by atoms with E-state index in [1.165, 1.54) is 0 Å². The molecule has 29 heavy (non-hydrogen) atoms. The molecule has 2 aliphatic rings. The Labute approximate surface area is 171 Å². The van der Waals surface area contributed by atoms with Crippen LogP contribution in [-0.2, 0) is 10.0 Å². The van der Waals surface area contributed by atoms with E-state index in [4.69, 9.17) is 14.2 Å². The van der Waals surface area contributed by atoms with Gasteiger partial charge in [-0.05, 0) is 50.2 Å². The molecule has 0 spiro atoms. The highest BCUT2D eigenvalue weighted by Gasteiger charge is 2.24. The summed E-state index contributed by atoms with van der Waals surface area (Å²) >= 11 is 0. The molecule has 0 bridgehead atoms. The van der Waals surface area contributed by atoms with Gasteiger partial charge in [0.25, 0.3) is 0 Å². The van der Waals surface area contributed by atoms with Gasteiger partial charge in [-0.3, -0.25) is 4.90 Å². The van der Waals surface area contributed by atoms with Crippen LogP contribution in [0.25, 0.3) is 0 Å². The molecule has 0 aromatic heterocycles. The van der Waals surface area contributed by atoms with Gasteiger partial charge in [0.05, 0.1) is 4.90 Å². The molecule has 8 heteroatoms. The molecule has 2 aromatic rings. The zero-order chi connectivity index (χ0) is 20.1. The maximum absolute atomic E-state index is 12.5. The molecule has 0 radical (unpaired) electrons. The van der Waals surface area contributed by atoms with Gasteiger partial charge in [0.2, 0.25) is 15.8 Å². The van der Waals surface area contributed by atoms with Crippen LogP contribution in [0.15, 0.2) is 53.4 Å². The van der Waals surface area contributed by atoms with Gasteiger partial charge in [0.15, 0.2) is 11.5 Å². The lowest BCUT2D eigenvalue weighted by molar-refractivity contribution is 0.149. The number of nitrogens with one attached hydrogen (secondary N) is 1. The summed E-state index contributed by atoms with van der Waals surface area (Å²) in [5.41, 5.74) is 0. The van der Waals surface area contributed by atoms with Crippen LogP contribution in [0.2, 0.25) is 0 Å². The summed E-state index contributed by atoms with van der Waals surface area (Å²) in [4.78, 5) is 2.60. The number of nitrogens with zero attached hydrogens (tertiary/aromatic N) is 1.